The standard InChI is InChI=1S/C38H47FN6O6/c1-38(2,3)51-37(49)45-22-25-20-26(45)21-33(25)50-27-10-12-42(13-11-27)23-34(46)43-14-16-44(17-15-43)36(48)30-18-24(8-9-31(30)39)19-32-28-6-4-5-7-29(28)35(47)41-40-32/h4-9,18,25-27,33H,10-17,19-23H2,1-3H3,(H,41,47)/t25?,26?,33-/m0/s1. The van der Waals surface area contributed by atoms with Crippen molar-refractivity contribution in [3.05, 3.63) is 75.5 Å². The molecule has 51 heavy (non-hydrogen) atoms. The molecule has 1 N–H and O–H groups in total. The first-order chi connectivity index (χ1) is 24.4. The van der Waals surface area contributed by atoms with Gasteiger partial charge < -0.3 is 24.2 Å². The molecule has 1 saturated carbocycles. The molecule has 3 aliphatic heterocycles. The second-order valence-electron chi connectivity index (χ2n) is 15.4. The molecule has 0 spiro atoms. The number of aromatic amines is 1. The Kier molecular flexibility index (Phi) is 9.86. The van der Waals surface area contributed by atoms with Gasteiger partial charge in [0.05, 0.1) is 35.4 Å². The summed E-state index contributed by atoms with van der Waals surface area (Å²) in [6.45, 7) is 9.66. The highest BCUT2D eigenvalue weighted by atomic mass is 19.1. The molecule has 2 aromatic carbocycles. The highest BCUT2D eigenvalue weighted by molar-refractivity contribution is 5.95. The van der Waals surface area contributed by atoms with E-state index in [1.54, 1.807) is 34.1 Å². The number of aromatic nitrogens is 2. The van der Waals surface area contributed by atoms with Gasteiger partial charge in [-0.15, -0.1) is 0 Å². The van der Waals surface area contributed by atoms with Gasteiger partial charge in [0.2, 0.25) is 5.91 Å². The minimum absolute atomic E-state index is 0.0168. The molecule has 4 heterocycles. The quantitative estimate of drug-likeness (QED) is 0.394. The van der Waals surface area contributed by atoms with Gasteiger partial charge in [-0.1, -0.05) is 24.3 Å². The van der Waals surface area contributed by atoms with Crippen LogP contribution in [0.25, 0.3) is 10.8 Å². The predicted molar refractivity (Wildman–Crippen MR) is 188 cm³/mol. The van der Waals surface area contributed by atoms with E-state index in [-0.39, 0.29) is 41.4 Å². The zero-order valence-corrected chi connectivity index (χ0v) is 29.6. The Morgan fingerprint density at radius 2 is 1.65 bits per heavy atom. The van der Waals surface area contributed by atoms with Gasteiger partial charge in [-0.25, -0.2) is 14.3 Å². The topological polar surface area (TPSA) is 128 Å². The number of carbonyl (C=O) groups is 3. The van der Waals surface area contributed by atoms with Crippen LogP contribution in [0.1, 0.15) is 68.1 Å². The lowest BCUT2D eigenvalue weighted by Crippen LogP contribution is -2.53. The fourth-order valence-corrected chi connectivity index (χ4v) is 8.03. The number of nitrogens with zero attached hydrogens (tertiary/aromatic N) is 5. The van der Waals surface area contributed by atoms with Crippen LogP contribution < -0.4 is 5.56 Å². The molecule has 4 aliphatic rings. The summed E-state index contributed by atoms with van der Waals surface area (Å²) in [5, 5.41) is 7.97. The first kappa shape index (κ1) is 35.1. The number of ether oxygens (including phenoxy) is 2. The molecule has 1 aliphatic carbocycles. The zero-order valence-electron chi connectivity index (χ0n) is 29.6. The molecule has 13 heteroatoms. The van der Waals surface area contributed by atoms with Gasteiger partial charge in [0.1, 0.15) is 11.4 Å². The summed E-state index contributed by atoms with van der Waals surface area (Å²) in [4.78, 5) is 58.9. The van der Waals surface area contributed by atoms with E-state index in [2.05, 4.69) is 15.1 Å². The largest absolute Gasteiger partial charge is 0.444 e. The molecule has 4 fully saturated rings. The molecule has 3 amide bonds. The van der Waals surface area contributed by atoms with Crippen molar-refractivity contribution in [2.45, 2.75) is 76.7 Å². The molecule has 7 rings (SSSR count). The summed E-state index contributed by atoms with van der Waals surface area (Å²) in [5.41, 5.74) is 0.534. The highest BCUT2D eigenvalue weighted by Gasteiger charge is 2.49. The van der Waals surface area contributed by atoms with Gasteiger partial charge in [0, 0.05) is 69.6 Å². The Labute approximate surface area is 296 Å². The summed E-state index contributed by atoms with van der Waals surface area (Å²) in [5.74, 6) is -0.632. The molecule has 2 unspecified atom stereocenters. The first-order valence-corrected chi connectivity index (χ1v) is 18.1. The maximum absolute atomic E-state index is 15.0. The minimum Gasteiger partial charge on any atom is -0.444 e. The van der Waals surface area contributed by atoms with Crippen molar-refractivity contribution in [3.8, 4) is 0 Å². The van der Waals surface area contributed by atoms with Crippen molar-refractivity contribution in [1.82, 2.24) is 29.8 Å². The van der Waals surface area contributed by atoms with E-state index in [4.69, 9.17) is 9.47 Å². The number of piperazine rings is 1. The highest BCUT2D eigenvalue weighted by Crippen LogP contribution is 2.41. The number of amides is 3. The average Bonchev–Trinajstić information content (AvgIpc) is 3.71. The zero-order chi connectivity index (χ0) is 35.9. The number of nitrogens with one attached hydrogen (secondary N) is 1. The summed E-state index contributed by atoms with van der Waals surface area (Å²) in [6, 6.07) is 11.8. The van der Waals surface area contributed by atoms with Crippen LogP contribution in [0.4, 0.5) is 9.18 Å². The summed E-state index contributed by atoms with van der Waals surface area (Å²) < 4.78 is 27.1. The summed E-state index contributed by atoms with van der Waals surface area (Å²) in [7, 11) is 0. The van der Waals surface area contributed by atoms with Crippen LogP contribution in [-0.4, -0.2) is 124 Å². The minimum atomic E-state index is -0.600. The van der Waals surface area contributed by atoms with Crippen LogP contribution in [0.15, 0.2) is 47.3 Å². The fraction of sp³-hybridized carbons (Fsp3) is 0.553. The van der Waals surface area contributed by atoms with Gasteiger partial charge in [-0.3, -0.25) is 19.3 Å². The van der Waals surface area contributed by atoms with Crippen molar-refractivity contribution in [1.29, 1.82) is 0 Å². The van der Waals surface area contributed by atoms with Crippen LogP contribution in [0.2, 0.25) is 0 Å². The number of benzene rings is 2. The number of piperidine rings is 2. The van der Waals surface area contributed by atoms with Crippen molar-refractivity contribution in [2.24, 2.45) is 5.92 Å². The van der Waals surface area contributed by atoms with E-state index in [0.717, 1.165) is 38.8 Å². The third-order valence-corrected chi connectivity index (χ3v) is 10.7. The molecule has 3 aromatic rings. The van der Waals surface area contributed by atoms with Gasteiger partial charge in [-0.05, 0) is 70.2 Å². The lowest BCUT2D eigenvalue weighted by molar-refractivity contribution is -0.135. The Balaban J connectivity index is 0.854. The first-order valence-electron chi connectivity index (χ1n) is 18.1. The predicted octanol–water partition coefficient (Wildman–Crippen LogP) is 3.82. The number of likely N-dealkylation sites (tertiary alicyclic amines) is 2. The molecule has 272 valence electrons. The van der Waals surface area contributed by atoms with E-state index >= 15 is 0 Å². The van der Waals surface area contributed by atoms with Gasteiger partial charge >= 0.3 is 6.09 Å². The maximum atomic E-state index is 15.0. The van der Waals surface area contributed by atoms with E-state index in [1.165, 1.54) is 6.07 Å². The van der Waals surface area contributed by atoms with Crippen LogP contribution in [0, 0.1) is 11.7 Å². The molecular weight excluding hydrogens is 655 g/mol. The van der Waals surface area contributed by atoms with Crippen LogP contribution in [0.5, 0.6) is 0 Å². The Morgan fingerprint density at radius 3 is 2.33 bits per heavy atom. The van der Waals surface area contributed by atoms with Crippen molar-refractivity contribution < 1.29 is 28.2 Å². The smallest absolute Gasteiger partial charge is 0.410 e. The molecule has 3 saturated heterocycles. The lowest BCUT2D eigenvalue weighted by Gasteiger charge is -2.38. The number of halogens is 1. The summed E-state index contributed by atoms with van der Waals surface area (Å²) in [6.07, 6.45) is 3.93. The van der Waals surface area contributed by atoms with E-state index in [9.17, 15) is 23.6 Å². The normalized spacial score (nSPS) is 22.9. The monoisotopic (exact) mass is 702 g/mol. The number of hydrogen-bond acceptors (Lipinski definition) is 8. The number of hydrogen-bond donors (Lipinski definition) is 1. The Hall–Kier alpha value is -4.36. The number of rotatable bonds is 7. The second-order valence-corrected chi connectivity index (χ2v) is 15.4. The lowest BCUT2D eigenvalue weighted by atomic mass is 10.0. The summed E-state index contributed by atoms with van der Waals surface area (Å²) >= 11 is 0. The van der Waals surface area contributed by atoms with Crippen molar-refractivity contribution in [2.75, 3.05) is 52.4 Å². The van der Waals surface area contributed by atoms with Gasteiger partial charge in [-0.2, -0.15) is 5.10 Å². The maximum Gasteiger partial charge on any atom is 0.410 e. The molecule has 1 aromatic heterocycles. The van der Waals surface area contributed by atoms with Crippen molar-refractivity contribution >= 4 is 28.7 Å². The number of H-pyrrole nitrogens is 1. The fourth-order valence-electron chi connectivity index (χ4n) is 8.03. The van der Waals surface area contributed by atoms with E-state index in [1.807, 2.05) is 37.8 Å². The third-order valence-electron chi connectivity index (χ3n) is 10.7. The number of carbonyl (C=O) groups excluding carboxylic acids is 3. The third kappa shape index (κ3) is 7.79. The van der Waals surface area contributed by atoms with Gasteiger partial charge in [0.25, 0.3) is 11.5 Å². The number of fused-ring (bicyclic) bond motifs is 3. The average molecular weight is 703 g/mol. The second kappa shape index (κ2) is 14.3. The van der Waals surface area contributed by atoms with Crippen LogP contribution >= 0.6 is 0 Å². The molecule has 2 bridgehead atoms. The van der Waals surface area contributed by atoms with Crippen molar-refractivity contribution in [3.63, 3.8) is 0 Å². The molecule has 3 atom stereocenters. The van der Waals surface area contributed by atoms with Crippen LogP contribution in [0.3, 0.4) is 0 Å². The van der Waals surface area contributed by atoms with E-state index < -0.39 is 17.3 Å². The Bertz CT molecular complexity index is 1840. The molecule has 12 nitrogen and oxygen atoms in total. The molecule has 0 radical (unpaired) electrons. The van der Waals surface area contributed by atoms with Gasteiger partial charge in [0.15, 0.2) is 0 Å². The van der Waals surface area contributed by atoms with Crippen LogP contribution in [-0.2, 0) is 20.7 Å². The van der Waals surface area contributed by atoms with E-state index in [0.29, 0.717) is 73.6 Å². The Morgan fingerprint density at radius 1 is 0.941 bits per heavy atom. The SMILES string of the molecule is CC(C)(C)OC(=O)N1CC2CC1C[C@@H]2OC1CCN(CC(=O)N2CCN(C(=O)c3cc(Cc4n[nH]c(=O)c5ccccc45)ccc3F)CC2)CC1. The molecular formula is C38H47FN6O6.